The van der Waals surface area contributed by atoms with Crippen molar-refractivity contribution < 1.29 is 9.90 Å². The maximum atomic E-state index is 11.1. The first kappa shape index (κ1) is 13.0. The summed E-state index contributed by atoms with van der Waals surface area (Å²) in [5.41, 5.74) is 1.76. The zero-order chi connectivity index (χ0) is 13.3. The van der Waals surface area contributed by atoms with Crippen LogP contribution in [0, 0.1) is 13.8 Å². The SMILES string of the molecule is Cc1csc(C(C)Nc2snc(C)c2C(=O)O)n1. The molecule has 2 rings (SSSR count). The van der Waals surface area contributed by atoms with Gasteiger partial charge in [-0.25, -0.2) is 9.78 Å². The fraction of sp³-hybridized carbons (Fsp3) is 0.364. The Morgan fingerprint density at radius 2 is 2.22 bits per heavy atom. The minimum atomic E-state index is -0.953. The van der Waals surface area contributed by atoms with E-state index in [9.17, 15) is 4.79 Å². The predicted molar refractivity (Wildman–Crippen MR) is 72.7 cm³/mol. The molecule has 18 heavy (non-hydrogen) atoms. The molecule has 5 nitrogen and oxygen atoms in total. The molecular weight excluding hydrogens is 270 g/mol. The van der Waals surface area contributed by atoms with Crippen LogP contribution in [-0.2, 0) is 0 Å². The summed E-state index contributed by atoms with van der Waals surface area (Å²) in [7, 11) is 0. The van der Waals surface area contributed by atoms with Gasteiger partial charge in [-0.2, -0.15) is 4.37 Å². The second-order valence-electron chi connectivity index (χ2n) is 3.97. The topological polar surface area (TPSA) is 75.1 Å². The van der Waals surface area contributed by atoms with E-state index in [1.54, 1.807) is 18.3 Å². The third-order valence-electron chi connectivity index (χ3n) is 2.43. The van der Waals surface area contributed by atoms with Crippen LogP contribution in [0.1, 0.15) is 39.7 Å². The smallest absolute Gasteiger partial charge is 0.340 e. The van der Waals surface area contributed by atoms with Crippen LogP contribution < -0.4 is 5.32 Å². The number of rotatable bonds is 4. The van der Waals surface area contributed by atoms with Crippen LogP contribution in [0.2, 0.25) is 0 Å². The van der Waals surface area contributed by atoms with Gasteiger partial charge in [-0.3, -0.25) is 0 Å². The highest BCUT2D eigenvalue weighted by Gasteiger charge is 2.20. The normalized spacial score (nSPS) is 12.4. The third-order valence-corrected chi connectivity index (χ3v) is 4.45. The number of thiazole rings is 1. The Bertz CT molecular complexity index is 577. The summed E-state index contributed by atoms with van der Waals surface area (Å²) < 4.78 is 4.07. The van der Waals surface area contributed by atoms with Gasteiger partial charge < -0.3 is 10.4 Å². The number of hydrogen-bond acceptors (Lipinski definition) is 6. The molecule has 0 amide bonds. The molecule has 2 aromatic heterocycles. The fourth-order valence-electron chi connectivity index (χ4n) is 1.55. The van der Waals surface area contributed by atoms with Gasteiger partial charge in [-0.1, -0.05) is 0 Å². The van der Waals surface area contributed by atoms with Crippen molar-refractivity contribution in [2.75, 3.05) is 5.32 Å². The molecule has 7 heteroatoms. The molecule has 0 fully saturated rings. The lowest BCUT2D eigenvalue weighted by Crippen LogP contribution is -2.09. The average molecular weight is 283 g/mol. The van der Waals surface area contributed by atoms with E-state index in [0.29, 0.717) is 10.7 Å². The van der Waals surface area contributed by atoms with Gasteiger partial charge >= 0.3 is 5.97 Å². The monoisotopic (exact) mass is 283 g/mol. The summed E-state index contributed by atoms with van der Waals surface area (Å²) in [4.78, 5) is 15.5. The molecule has 96 valence electrons. The predicted octanol–water partition coefficient (Wildman–Crippen LogP) is 3.09. The van der Waals surface area contributed by atoms with Crippen LogP contribution >= 0.6 is 22.9 Å². The summed E-state index contributed by atoms with van der Waals surface area (Å²) in [6.07, 6.45) is 0. The first-order chi connectivity index (χ1) is 8.49. The molecule has 0 aliphatic heterocycles. The van der Waals surface area contributed by atoms with E-state index in [-0.39, 0.29) is 11.6 Å². The Balaban J connectivity index is 2.22. The van der Waals surface area contributed by atoms with Crippen molar-refractivity contribution in [2.45, 2.75) is 26.8 Å². The minimum Gasteiger partial charge on any atom is -0.478 e. The quantitative estimate of drug-likeness (QED) is 0.902. The first-order valence-electron chi connectivity index (χ1n) is 5.37. The number of aromatic nitrogens is 2. The molecule has 0 saturated carbocycles. The molecule has 0 spiro atoms. The van der Waals surface area contributed by atoms with E-state index in [0.717, 1.165) is 10.7 Å². The number of nitrogens with one attached hydrogen (secondary N) is 1. The Hall–Kier alpha value is -1.47. The third kappa shape index (κ3) is 2.51. The number of carboxylic acid groups (broad SMARTS) is 1. The van der Waals surface area contributed by atoms with Crippen LogP contribution in [0.4, 0.5) is 5.00 Å². The van der Waals surface area contributed by atoms with Crippen LogP contribution in [0.25, 0.3) is 0 Å². The van der Waals surface area contributed by atoms with E-state index in [4.69, 9.17) is 5.11 Å². The highest BCUT2D eigenvalue weighted by Crippen LogP contribution is 2.29. The van der Waals surface area contributed by atoms with Crippen molar-refractivity contribution in [2.24, 2.45) is 0 Å². The Labute approximate surface area is 113 Å². The molecule has 0 aliphatic carbocycles. The molecule has 2 aromatic rings. The average Bonchev–Trinajstić information content (AvgIpc) is 2.85. The lowest BCUT2D eigenvalue weighted by atomic mass is 10.2. The second kappa shape index (κ2) is 5.03. The fourth-order valence-corrected chi connectivity index (χ4v) is 3.23. The summed E-state index contributed by atoms with van der Waals surface area (Å²) in [5, 5.41) is 15.8. The van der Waals surface area contributed by atoms with Crippen molar-refractivity contribution >= 4 is 33.8 Å². The van der Waals surface area contributed by atoms with Crippen molar-refractivity contribution in [3.05, 3.63) is 27.3 Å². The summed E-state index contributed by atoms with van der Waals surface area (Å²) in [6.45, 7) is 5.59. The number of aromatic carboxylic acids is 1. The highest BCUT2D eigenvalue weighted by molar-refractivity contribution is 7.11. The summed E-state index contributed by atoms with van der Waals surface area (Å²) in [5.74, 6) is -0.953. The van der Waals surface area contributed by atoms with Gasteiger partial charge in [0.15, 0.2) is 0 Å². The van der Waals surface area contributed by atoms with Crippen molar-refractivity contribution in [3.8, 4) is 0 Å². The minimum absolute atomic E-state index is 0.0262. The Morgan fingerprint density at radius 3 is 2.78 bits per heavy atom. The van der Waals surface area contributed by atoms with Gasteiger partial charge in [0.1, 0.15) is 15.6 Å². The highest BCUT2D eigenvalue weighted by atomic mass is 32.1. The first-order valence-corrected chi connectivity index (χ1v) is 7.02. The van der Waals surface area contributed by atoms with Gasteiger partial charge in [0.05, 0.1) is 11.7 Å². The lowest BCUT2D eigenvalue weighted by Gasteiger charge is -2.11. The molecule has 2 heterocycles. The van der Waals surface area contributed by atoms with Gasteiger partial charge in [0.25, 0.3) is 0 Å². The lowest BCUT2D eigenvalue weighted by molar-refractivity contribution is 0.0697. The molecule has 0 radical (unpaired) electrons. The van der Waals surface area contributed by atoms with E-state index in [2.05, 4.69) is 14.7 Å². The van der Waals surface area contributed by atoms with Crippen LogP contribution in [0.15, 0.2) is 5.38 Å². The van der Waals surface area contributed by atoms with E-state index < -0.39 is 5.97 Å². The van der Waals surface area contributed by atoms with Crippen molar-refractivity contribution in [1.29, 1.82) is 0 Å². The Morgan fingerprint density at radius 1 is 1.50 bits per heavy atom. The van der Waals surface area contributed by atoms with Crippen molar-refractivity contribution in [1.82, 2.24) is 9.36 Å². The molecule has 0 aromatic carbocycles. The number of aryl methyl sites for hydroxylation is 2. The molecule has 0 bridgehead atoms. The zero-order valence-electron chi connectivity index (χ0n) is 10.2. The molecule has 1 atom stereocenters. The standard InChI is InChI=1S/C11H13N3O2S2/c1-5-4-17-9(12-5)7(3)13-10-8(11(15)16)6(2)14-18-10/h4,7,13H,1-3H3,(H,15,16). The summed E-state index contributed by atoms with van der Waals surface area (Å²) >= 11 is 2.73. The number of carbonyl (C=O) groups is 1. The van der Waals surface area contributed by atoms with Crippen LogP contribution in [0.3, 0.4) is 0 Å². The zero-order valence-corrected chi connectivity index (χ0v) is 11.9. The van der Waals surface area contributed by atoms with Crippen molar-refractivity contribution in [3.63, 3.8) is 0 Å². The van der Waals surface area contributed by atoms with E-state index in [1.807, 2.05) is 19.2 Å². The second-order valence-corrected chi connectivity index (χ2v) is 5.63. The van der Waals surface area contributed by atoms with E-state index in [1.165, 1.54) is 11.5 Å². The largest absolute Gasteiger partial charge is 0.478 e. The summed E-state index contributed by atoms with van der Waals surface area (Å²) in [6, 6.07) is -0.0262. The van der Waals surface area contributed by atoms with Gasteiger partial charge in [0.2, 0.25) is 0 Å². The van der Waals surface area contributed by atoms with Gasteiger partial charge in [-0.15, -0.1) is 11.3 Å². The number of carboxylic acids is 1. The molecule has 0 aliphatic rings. The number of anilines is 1. The molecular formula is C11H13N3O2S2. The Kier molecular flexibility index (Phi) is 3.63. The maximum absolute atomic E-state index is 11.1. The number of hydrogen-bond donors (Lipinski definition) is 2. The van der Waals surface area contributed by atoms with Gasteiger partial charge in [0, 0.05) is 11.1 Å². The van der Waals surface area contributed by atoms with Crippen LogP contribution in [-0.4, -0.2) is 20.4 Å². The molecule has 0 saturated heterocycles. The maximum Gasteiger partial charge on any atom is 0.340 e. The van der Waals surface area contributed by atoms with Crippen LogP contribution in [0.5, 0.6) is 0 Å². The van der Waals surface area contributed by atoms with Gasteiger partial charge in [-0.05, 0) is 32.3 Å². The molecule has 1 unspecified atom stereocenters. The molecule has 2 N–H and O–H groups in total. The number of nitrogens with zero attached hydrogens (tertiary/aromatic N) is 2. The van der Waals surface area contributed by atoms with E-state index >= 15 is 0 Å².